The Labute approximate surface area is 356 Å². The zero-order chi connectivity index (χ0) is 40.3. The van der Waals surface area contributed by atoms with Crippen molar-refractivity contribution >= 4 is 72.2 Å². The van der Waals surface area contributed by atoms with Gasteiger partial charge in [0.25, 0.3) is 0 Å². The number of hydrogen-bond acceptors (Lipinski definition) is 3. The maximum atomic E-state index is 6.66. The molecule has 61 heavy (non-hydrogen) atoms. The lowest BCUT2D eigenvalue weighted by molar-refractivity contribution is 0.345. The fourth-order valence-electron chi connectivity index (χ4n) is 10.9. The zero-order valence-corrected chi connectivity index (χ0v) is 34.3. The van der Waals surface area contributed by atoms with Gasteiger partial charge >= 0.3 is 0 Å². The lowest BCUT2D eigenvalue weighted by atomic mass is 9.70. The van der Waals surface area contributed by atoms with Crippen molar-refractivity contribution in [3.05, 3.63) is 197 Å². The molecular formula is C58H46N2O. The number of rotatable bonds is 5. The van der Waals surface area contributed by atoms with Gasteiger partial charge in [-0.1, -0.05) is 165 Å². The van der Waals surface area contributed by atoms with E-state index in [0.29, 0.717) is 11.8 Å². The number of amidine groups is 1. The minimum Gasteiger partial charge on any atom is -0.456 e. The Bertz CT molecular complexity index is 3270. The highest BCUT2D eigenvalue weighted by Gasteiger charge is 2.30. The summed E-state index contributed by atoms with van der Waals surface area (Å²) < 4.78 is 6.66. The van der Waals surface area contributed by atoms with E-state index in [9.17, 15) is 0 Å². The summed E-state index contributed by atoms with van der Waals surface area (Å²) in [5.74, 6) is 2.88. The number of furan rings is 1. The Kier molecular flexibility index (Phi) is 8.87. The molecule has 2 heterocycles. The number of aryl methyl sites for hydroxylation is 1. The smallest absolute Gasteiger partial charge is 0.160 e. The van der Waals surface area contributed by atoms with Crippen molar-refractivity contribution in [2.75, 3.05) is 0 Å². The molecule has 3 heteroatoms. The maximum Gasteiger partial charge on any atom is 0.160 e. The SMILES string of the molecule is C1=CC2CCCCC2C(c2ccc(C3=N/C(c4ccc(-c5cccc6ccccc56)c5ccccc45)=C\CCC(c4cccc5c6c(oc45)C=CCC6)=N3)c3ccccc23)=C1. The molecule has 0 saturated heterocycles. The van der Waals surface area contributed by atoms with Crippen LogP contribution in [0.5, 0.6) is 0 Å². The second kappa shape index (κ2) is 15.0. The van der Waals surface area contributed by atoms with E-state index in [4.69, 9.17) is 14.4 Å². The predicted octanol–water partition coefficient (Wildman–Crippen LogP) is 15.3. The van der Waals surface area contributed by atoms with Crippen molar-refractivity contribution in [2.24, 2.45) is 21.8 Å². The topological polar surface area (TPSA) is 37.9 Å². The van der Waals surface area contributed by atoms with Crippen molar-refractivity contribution in [3.8, 4) is 11.1 Å². The van der Waals surface area contributed by atoms with E-state index in [0.717, 1.165) is 71.0 Å². The van der Waals surface area contributed by atoms with Crippen LogP contribution in [0.25, 0.3) is 71.8 Å². The van der Waals surface area contributed by atoms with E-state index in [-0.39, 0.29) is 0 Å². The van der Waals surface area contributed by atoms with E-state index in [1.807, 2.05) is 0 Å². The lowest BCUT2D eigenvalue weighted by Crippen LogP contribution is -2.21. The molecule has 2 unspecified atom stereocenters. The van der Waals surface area contributed by atoms with Crippen molar-refractivity contribution < 1.29 is 4.42 Å². The average Bonchev–Trinajstić information content (AvgIpc) is 3.70. The first-order valence-electron chi connectivity index (χ1n) is 22.3. The van der Waals surface area contributed by atoms with Gasteiger partial charge in [-0.05, 0) is 123 Å². The molecular weight excluding hydrogens is 741 g/mol. The van der Waals surface area contributed by atoms with E-state index in [2.05, 4.69) is 170 Å². The molecule has 1 aliphatic heterocycles. The monoisotopic (exact) mass is 786 g/mol. The van der Waals surface area contributed by atoms with Gasteiger partial charge in [-0.3, -0.25) is 0 Å². The van der Waals surface area contributed by atoms with Crippen LogP contribution >= 0.6 is 0 Å². The standard InChI is InChI=1S/C58H46N2O/c1-3-19-39-37(15-1)17-11-26-41(39)47-33-35-49(45-23-7-5-21-43(45)47)54-30-14-31-55(53-29-13-28-51-50-25-9-10-32-56(50)61-57(51)53)60-58(59-54)52-36-34-48(44-22-6-8-24-46(44)52)42-27-12-18-38-16-2-4-20-40(38)42/h1,3,5-8,10-13,15,17-19,21-24,26-30,32-36,38,40H,2,4,9,14,16,20,25,31H2/b54-30-,59-58?,60-55?. The summed E-state index contributed by atoms with van der Waals surface area (Å²) in [5, 5.41) is 8.54. The minimum absolute atomic E-state index is 0.561. The number of allylic oxidation sites excluding steroid dienone is 6. The first kappa shape index (κ1) is 36.0. The second-order valence-electron chi connectivity index (χ2n) is 17.2. The molecule has 12 rings (SSSR count). The highest BCUT2D eigenvalue weighted by atomic mass is 16.3. The van der Waals surface area contributed by atoms with Gasteiger partial charge in [0.15, 0.2) is 5.84 Å². The molecule has 0 bridgehead atoms. The third-order valence-electron chi connectivity index (χ3n) is 13.8. The predicted molar refractivity (Wildman–Crippen MR) is 257 cm³/mol. The Morgan fingerprint density at radius 3 is 2.07 bits per heavy atom. The van der Waals surface area contributed by atoms with Crippen LogP contribution in [-0.2, 0) is 6.42 Å². The fraction of sp³-hybridized carbons (Fsp3) is 0.172. The molecule has 1 aromatic heterocycles. The summed E-state index contributed by atoms with van der Waals surface area (Å²) in [7, 11) is 0. The van der Waals surface area contributed by atoms with E-state index >= 15 is 0 Å². The molecule has 1 saturated carbocycles. The number of benzene rings is 7. The first-order valence-corrected chi connectivity index (χ1v) is 22.3. The van der Waals surface area contributed by atoms with Crippen molar-refractivity contribution in [1.82, 2.24) is 0 Å². The normalized spacial score (nSPS) is 19.7. The molecule has 294 valence electrons. The van der Waals surface area contributed by atoms with Crippen LogP contribution in [0.3, 0.4) is 0 Å². The van der Waals surface area contributed by atoms with Crippen LogP contribution in [0.1, 0.15) is 78.5 Å². The average molecular weight is 787 g/mol. The summed E-state index contributed by atoms with van der Waals surface area (Å²) in [6, 6.07) is 48.9. The molecule has 3 aliphatic carbocycles. The van der Waals surface area contributed by atoms with Gasteiger partial charge in [0.2, 0.25) is 0 Å². The van der Waals surface area contributed by atoms with Crippen LogP contribution in [0.4, 0.5) is 0 Å². The van der Waals surface area contributed by atoms with Gasteiger partial charge in [-0.15, -0.1) is 0 Å². The summed E-state index contributed by atoms with van der Waals surface area (Å²) in [6.07, 6.45) is 22.5. The first-order chi connectivity index (χ1) is 30.3. The van der Waals surface area contributed by atoms with E-state index in [1.165, 1.54) is 91.2 Å². The number of aliphatic imine (C=N–C) groups is 2. The van der Waals surface area contributed by atoms with E-state index in [1.54, 1.807) is 0 Å². The molecule has 0 amide bonds. The number of fused-ring (bicyclic) bond motifs is 7. The highest BCUT2D eigenvalue weighted by Crippen LogP contribution is 2.45. The summed E-state index contributed by atoms with van der Waals surface area (Å²) >= 11 is 0. The molecule has 4 aliphatic rings. The Balaban J connectivity index is 1.05. The molecule has 0 radical (unpaired) electrons. The van der Waals surface area contributed by atoms with Crippen molar-refractivity contribution in [1.29, 1.82) is 0 Å². The zero-order valence-electron chi connectivity index (χ0n) is 34.3. The van der Waals surface area contributed by atoms with Crippen molar-refractivity contribution in [3.63, 3.8) is 0 Å². The third-order valence-corrected chi connectivity index (χ3v) is 13.8. The van der Waals surface area contributed by atoms with Crippen LogP contribution < -0.4 is 0 Å². The van der Waals surface area contributed by atoms with Gasteiger partial charge in [0.05, 0.1) is 11.4 Å². The molecule has 1 fully saturated rings. The van der Waals surface area contributed by atoms with Gasteiger partial charge in [0.1, 0.15) is 11.3 Å². The molecule has 7 aromatic carbocycles. The van der Waals surface area contributed by atoms with Crippen LogP contribution in [-0.4, -0.2) is 11.5 Å². The third kappa shape index (κ3) is 6.17. The molecule has 3 nitrogen and oxygen atoms in total. The van der Waals surface area contributed by atoms with Crippen LogP contribution in [0.15, 0.2) is 178 Å². The molecule has 2 atom stereocenters. The maximum absolute atomic E-state index is 6.66. The summed E-state index contributed by atoms with van der Waals surface area (Å²) in [6.45, 7) is 0. The Hall–Kier alpha value is -6.84. The Morgan fingerprint density at radius 1 is 0.525 bits per heavy atom. The van der Waals surface area contributed by atoms with E-state index < -0.39 is 0 Å². The largest absolute Gasteiger partial charge is 0.456 e. The number of hydrogen-bond donors (Lipinski definition) is 0. The fourth-order valence-corrected chi connectivity index (χ4v) is 10.9. The highest BCUT2D eigenvalue weighted by molar-refractivity contribution is 6.22. The van der Waals surface area contributed by atoms with Gasteiger partial charge in [-0.2, -0.15) is 0 Å². The van der Waals surface area contributed by atoms with Crippen LogP contribution in [0, 0.1) is 11.8 Å². The molecule has 0 N–H and O–H groups in total. The number of nitrogens with zero attached hydrogens (tertiary/aromatic N) is 2. The van der Waals surface area contributed by atoms with Gasteiger partial charge < -0.3 is 4.42 Å². The second-order valence-corrected chi connectivity index (χ2v) is 17.2. The Morgan fingerprint density at radius 2 is 1.18 bits per heavy atom. The lowest BCUT2D eigenvalue weighted by Gasteiger charge is -2.34. The quantitative estimate of drug-likeness (QED) is 0.171. The van der Waals surface area contributed by atoms with Crippen molar-refractivity contribution in [2.45, 2.75) is 51.4 Å². The van der Waals surface area contributed by atoms with Gasteiger partial charge in [-0.25, -0.2) is 9.98 Å². The summed E-state index contributed by atoms with van der Waals surface area (Å²) in [5.41, 5.74) is 12.7. The van der Waals surface area contributed by atoms with Crippen LogP contribution in [0.2, 0.25) is 0 Å². The summed E-state index contributed by atoms with van der Waals surface area (Å²) in [4.78, 5) is 11.3. The molecule has 8 aromatic rings. The molecule has 0 spiro atoms. The minimum atomic E-state index is 0.561. The number of para-hydroxylation sites is 1. The van der Waals surface area contributed by atoms with Gasteiger partial charge in [0, 0.05) is 27.6 Å².